The van der Waals surface area contributed by atoms with Crippen LogP contribution in [0.3, 0.4) is 0 Å². The first-order chi connectivity index (χ1) is 10.2. The van der Waals surface area contributed by atoms with E-state index in [1.807, 2.05) is 24.3 Å². The lowest BCUT2D eigenvalue weighted by atomic mass is 10.2. The van der Waals surface area contributed by atoms with E-state index in [2.05, 4.69) is 26.2 Å². The smallest absolute Gasteiger partial charge is 0.323 e. The van der Waals surface area contributed by atoms with Crippen LogP contribution in [-0.2, 0) is 6.54 Å². The summed E-state index contributed by atoms with van der Waals surface area (Å²) in [5.41, 5.74) is 0.974. The molecule has 0 radical (unpaired) electrons. The minimum absolute atomic E-state index is 0.0971. The number of halogens is 1. The zero-order valence-corrected chi connectivity index (χ0v) is 13.0. The fraction of sp³-hybridized carbons (Fsp3) is 0.200. The van der Waals surface area contributed by atoms with Gasteiger partial charge in [-0.05, 0) is 23.8 Å². The van der Waals surface area contributed by atoms with E-state index >= 15 is 0 Å². The Labute approximate surface area is 131 Å². The number of aliphatic hydroxyl groups is 1. The lowest BCUT2D eigenvalue weighted by Gasteiger charge is -2.22. The van der Waals surface area contributed by atoms with Gasteiger partial charge in [-0.25, -0.2) is 9.78 Å². The monoisotopic (exact) mass is 349 g/mol. The number of benzene rings is 1. The number of rotatable bonds is 5. The van der Waals surface area contributed by atoms with Crippen molar-refractivity contribution in [1.82, 2.24) is 9.88 Å². The van der Waals surface area contributed by atoms with Crippen molar-refractivity contribution in [2.24, 2.45) is 0 Å². The zero-order chi connectivity index (χ0) is 15.1. The van der Waals surface area contributed by atoms with Crippen LogP contribution < -0.4 is 5.32 Å². The van der Waals surface area contributed by atoms with E-state index < -0.39 is 0 Å². The molecular formula is C15H16BrN3O2. The molecular weight excluding hydrogens is 334 g/mol. The van der Waals surface area contributed by atoms with Gasteiger partial charge in [0.2, 0.25) is 0 Å². The Morgan fingerprint density at radius 3 is 2.67 bits per heavy atom. The molecule has 0 spiro atoms. The molecule has 21 heavy (non-hydrogen) atoms. The Balaban J connectivity index is 2.08. The molecule has 5 nitrogen and oxygen atoms in total. The minimum atomic E-state index is -0.293. The molecule has 0 fully saturated rings. The number of pyridine rings is 1. The highest BCUT2D eigenvalue weighted by molar-refractivity contribution is 9.10. The van der Waals surface area contributed by atoms with Gasteiger partial charge >= 0.3 is 6.03 Å². The molecule has 1 aromatic heterocycles. The van der Waals surface area contributed by atoms with Crippen molar-refractivity contribution in [2.45, 2.75) is 6.54 Å². The maximum Gasteiger partial charge on any atom is 0.323 e. The lowest BCUT2D eigenvalue weighted by Crippen LogP contribution is -2.36. The summed E-state index contributed by atoms with van der Waals surface area (Å²) in [7, 11) is 0. The van der Waals surface area contributed by atoms with Crippen molar-refractivity contribution >= 4 is 27.8 Å². The highest BCUT2D eigenvalue weighted by atomic mass is 79.9. The standard InChI is InChI=1S/C15H16BrN3O2/c16-13-6-2-1-5-12(13)11-19(9-10-20)15(21)18-14-7-3-4-8-17-14/h1-8,20H,9-11H2,(H,17,18,21). The van der Waals surface area contributed by atoms with Crippen LogP contribution >= 0.6 is 15.9 Å². The van der Waals surface area contributed by atoms with Crippen LogP contribution in [0, 0.1) is 0 Å². The zero-order valence-electron chi connectivity index (χ0n) is 11.4. The third-order valence-corrected chi connectivity index (χ3v) is 3.65. The average Bonchev–Trinajstić information content (AvgIpc) is 2.50. The first-order valence-corrected chi connectivity index (χ1v) is 7.31. The quantitative estimate of drug-likeness (QED) is 0.872. The van der Waals surface area contributed by atoms with Gasteiger partial charge in [-0.1, -0.05) is 40.2 Å². The van der Waals surface area contributed by atoms with E-state index in [1.54, 1.807) is 24.4 Å². The summed E-state index contributed by atoms with van der Waals surface area (Å²) in [6.45, 7) is 0.556. The second-order valence-corrected chi connectivity index (χ2v) is 5.24. The second kappa shape index (κ2) is 7.75. The van der Waals surface area contributed by atoms with Gasteiger partial charge < -0.3 is 10.0 Å². The summed E-state index contributed by atoms with van der Waals surface area (Å²) < 4.78 is 0.929. The molecule has 2 N–H and O–H groups in total. The number of hydrogen-bond acceptors (Lipinski definition) is 3. The fourth-order valence-corrected chi connectivity index (χ4v) is 2.24. The van der Waals surface area contributed by atoms with Crippen LogP contribution in [0.1, 0.15) is 5.56 Å². The Morgan fingerprint density at radius 1 is 1.24 bits per heavy atom. The highest BCUT2D eigenvalue weighted by Gasteiger charge is 2.15. The number of aromatic nitrogens is 1. The normalized spacial score (nSPS) is 10.2. The van der Waals surface area contributed by atoms with Gasteiger partial charge in [0.25, 0.3) is 0 Å². The van der Waals surface area contributed by atoms with E-state index in [0.717, 1.165) is 10.0 Å². The van der Waals surface area contributed by atoms with Crippen LogP contribution in [-0.4, -0.2) is 34.2 Å². The number of aliphatic hydroxyl groups excluding tert-OH is 1. The predicted octanol–water partition coefficient (Wildman–Crippen LogP) is 2.87. The Hall–Kier alpha value is -1.92. The van der Waals surface area contributed by atoms with Crippen molar-refractivity contribution in [3.8, 4) is 0 Å². The van der Waals surface area contributed by atoms with E-state index in [4.69, 9.17) is 5.11 Å². The molecule has 1 heterocycles. The van der Waals surface area contributed by atoms with Gasteiger partial charge in [-0.2, -0.15) is 0 Å². The number of carbonyl (C=O) groups is 1. The fourth-order valence-electron chi connectivity index (χ4n) is 1.83. The maximum atomic E-state index is 12.3. The molecule has 0 atom stereocenters. The Kier molecular flexibility index (Phi) is 5.71. The largest absolute Gasteiger partial charge is 0.395 e. The first-order valence-electron chi connectivity index (χ1n) is 6.52. The second-order valence-electron chi connectivity index (χ2n) is 4.38. The van der Waals surface area contributed by atoms with Crippen LogP contribution in [0.5, 0.6) is 0 Å². The first kappa shape index (κ1) is 15.5. The molecule has 2 amide bonds. The molecule has 110 valence electrons. The van der Waals surface area contributed by atoms with Crippen molar-refractivity contribution in [3.05, 3.63) is 58.7 Å². The van der Waals surface area contributed by atoms with Crippen LogP contribution in [0.15, 0.2) is 53.1 Å². The summed E-state index contributed by atoms with van der Waals surface area (Å²) in [6, 6.07) is 12.7. The van der Waals surface area contributed by atoms with E-state index in [-0.39, 0.29) is 19.2 Å². The molecule has 6 heteroatoms. The summed E-state index contributed by atoms with van der Waals surface area (Å²) in [6.07, 6.45) is 1.61. The molecule has 1 aromatic carbocycles. The number of amides is 2. The van der Waals surface area contributed by atoms with Gasteiger partial charge in [-0.15, -0.1) is 0 Å². The minimum Gasteiger partial charge on any atom is -0.395 e. The van der Waals surface area contributed by atoms with Gasteiger partial charge in [0.05, 0.1) is 6.61 Å². The summed E-state index contributed by atoms with van der Waals surface area (Å²) >= 11 is 3.46. The highest BCUT2D eigenvalue weighted by Crippen LogP contribution is 2.18. The maximum absolute atomic E-state index is 12.3. The SMILES string of the molecule is O=C(Nc1ccccn1)N(CCO)Cc1ccccc1Br. The van der Waals surface area contributed by atoms with E-state index in [0.29, 0.717) is 12.4 Å². The van der Waals surface area contributed by atoms with Gasteiger partial charge in [-0.3, -0.25) is 5.32 Å². The van der Waals surface area contributed by atoms with Crippen molar-refractivity contribution < 1.29 is 9.90 Å². The van der Waals surface area contributed by atoms with Crippen molar-refractivity contribution in [1.29, 1.82) is 0 Å². The average molecular weight is 350 g/mol. The molecule has 0 aliphatic heterocycles. The van der Waals surface area contributed by atoms with Crippen LogP contribution in [0.4, 0.5) is 10.6 Å². The van der Waals surface area contributed by atoms with Crippen LogP contribution in [0.25, 0.3) is 0 Å². The number of nitrogens with zero attached hydrogens (tertiary/aromatic N) is 2. The summed E-state index contributed by atoms with van der Waals surface area (Å²) in [4.78, 5) is 17.9. The number of nitrogens with one attached hydrogen (secondary N) is 1. The molecule has 0 bridgehead atoms. The number of anilines is 1. The molecule has 0 saturated heterocycles. The molecule has 2 aromatic rings. The Bertz CT molecular complexity index is 592. The third kappa shape index (κ3) is 4.54. The summed E-state index contributed by atoms with van der Waals surface area (Å²) in [5.74, 6) is 0.484. The number of carbonyl (C=O) groups excluding carboxylic acids is 1. The molecule has 0 unspecified atom stereocenters. The summed E-state index contributed by atoms with van der Waals surface area (Å²) in [5, 5.41) is 11.9. The molecule has 2 rings (SSSR count). The molecule has 0 aliphatic rings. The topological polar surface area (TPSA) is 65.5 Å². The molecule has 0 aliphatic carbocycles. The number of hydrogen-bond donors (Lipinski definition) is 2. The van der Waals surface area contributed by atoms with E-state index in [9.17, 15) is 4.79 Å². The predicted molar refractivity (Wildman–Crippen MR) is 84.9 cm³/mol. The third-order valence-electron chi connectivity index (χ3n) is 2.88. The van der Waals surface area contributed by atoms with Crippen LogP contribution in [0.2, 0.25) is 0 Å². The lowest BCUT2D eigenvalue weighted by molar-refractivity contribution is 0.185. The number of urea groups is 1. The molecule has 0 saturated carbocycles. The van der Waals surface area contributed by atoms with E-state index in [1.165, 1.54) is 4.90 Å². The van der Waals surface area contributed by atoms with Gasteiger partial charge in [0.1, 0.15) is 5.82 Å². The van der Waals surface area contributed by atoms with Gasteiger partial charge in [0, 0.05) is 23.8 Å². The Morgan fingerprint density at radius 2 is 2.00 bits per heavy atom. The van der Waals surface area contributed by atoms with Crippen molar-refractivity contribution in [3.63, 3.8) is 0 Å². The van der Waals surface area contributed by atoms with Gasteiger partial charge in [0.15, 0.2) is 0 Å². The van der Waals surface area contributed by atoms with Crippen molar-refractivity contribution in [2.75, 3.05) is 18.5 Å².